The SMILES string of the molecule is CN(C(=O)Cc1ccc(Cl)c(Cl)c1)[C@@H]1c2ccc(O)cc2CC[C@H]1N1CCCC1.Cl. The molecule has 0 spiro atoms. The molecular weight excluding hydrogens is 443 g/mol. The molecule has 2 aromatic carbocycles. The molecule has 2 aliphatic rings. The van der Waals surface area contributed by atoms with Crippen LogP contribution in [-0.2, 0) is 17.6 Å². The summed E-state index contributed by atoms with van der Waals surface area (Å²) in [5, 5.41) is 10.9. The first kappa shape index (κ1) is 23.2. The molecule has 4 rings (SSSR count). The highest BCUT2D eigenvalue weighted by Crippen LogP contribution is 2.39. The van der Waals surface area contributed by atoms with Gasteiger partial charge in [0.15, 0.2) is 0 Å². The molecule has 1 fully saturated rings. The third-order valence-corrected chi connectivity index (χ3v) is 7.02. The lowest BCUT2D eigenvalue weighted by Crippen LogP contribution is -2.48. The number of nitrogens with zero attached hydrogens (tertiary/aromatic N) is 2. The summed E-state index contributed by atoms with van der Waals surface area (Å²) in [6.45, 7) is 2.17. The van der Waals surface area contributed by atoms with Crippen LogP contribution < -0.4 is 0 Å². The number of carbonyl (C=O) groups is 1. The number of halogens is 3. The molecule has 1 aliphatic carbocycles. The summed E-state index contributed by atoms with van der Waals surface area (Å²) in [4.78, 5) is 17.6. The van der Waals surface area contributed by atoms with Gasteiger partial charge in [0.2, 0.25) is 5.91 Å². The Morgan fingerprint density at radius 1 is 1.13 bits per heavy atom. The van der Waals surface area contributed by atoms with E-state index in [0.717, 1.165) is 42.6 Å². The fraction of sp³-hybridized carbons (Fsp3) is 0.435. The van der Waals surface area contributed by atoms with E-state index in [0.29, 0.717) is 16.1 Å². The average molecular weight is 470 g/mol. The van der Waals surface area contributed by atoms with Gasteiger partial charge in [-0.15, -0.1) is 12.4 Å². The quantitative estimate of drug-likeness (QED) is 0.663. The van der Waals surface area contributed by atoms with Crippen LogP contribution in [-0.4, -0.2) is 47.0 Å². The summed E-state index contributed by atoms with van der Waals surface area (Å²) < 4.78 is 0. The van der Waals surface area contributed by atoms with Gasteiger partial charge in [-0.3, -0.25) is 9.69 Å². The number of hydrogen-bond acceptors (Lipinski definition) is 3. The second kappa shape index (κ2) is 9.78. The highest BCUT2D eigenvalue weighted by molar-refractivity contribution is 6.42. The van der Waals surface area contributed by atoms with Gasteiger partial charge in [-0.1, -0.05) is 35.3 Å². The minimum atomic E-state index is -0.0206. The standard InChI is InChI=1S/C23H26Cl2N2O2.ClH/c1-26(22(29)13-15-4-8-19(24)20(25)12-15)23-18-7-6-17(28)14-16(18)5-9-21(23)27-10-2-3-11-27;/h4,6-8,12,14,21,23,28H,2-3,5,9-11,13H2,1H3;1H/t21-,23-;/m1./s1. The zero-order chi connectivity index (χ0) is 20.5. The fourth-order valence-electron chi connectivity index (χ4n) is 4.79. The van der Waals surface area contributed by atoms with Crippen molar-refractivity contribution >= 4 is 41.5 Å². The summed E-state index contributed by atoms with van der Waals surface area (Å²) in [5.74, 6) is 0.338. The summed E-state index contributed by atoms with van der Waals surface area (Å²) in [5.41, 5.74) is 3.14. The Labute approximate surface area is 194 Å². The van der Waals surface area contributed by atoms with E-state index >= 15 is 0 Å². The van der Waals surface area contributed by atoms with Crippen molar-refractivity contribution in [2.75, 3.05) is 20.1 Å². The van der Waals surface area contributed by atoms with Crippen molar-refractivity contribution in [1.82, 2.24) is 9.80 Å². The largest absolute Gasteiger partial charge is 0.508 e. The summed E-state index contributed by atoms with van der Waals surface area (Å²) in [6.07, 6.45) is 4.63. The van der Waals surface area contributed by atoms with E-state index in [-0.39, 0.29) is 36.5 Å². The molecule has 0 aromatic heterocycles. The second-order valence-corrected chi connectivity index (χ2v) is 8.92. The van der Waals surface area contributed by atoms with Gasteiger partial charge in [-0.05, 0) is 79.7 Å². The molecule has 1 saturated heterocycles. The van der Waals surface area contributed by atoms with E-state index < -0.39 is 0 Å². The number of carbonyl (C=O) groups excluding carboxylic acids is 1. The molecule has 0 radical (unpaired) electrons. The van der Waals surface area contributed by atoms with Crippen LogP contribution in [0.5, 0.6) is 5.75 Å². The lowest BCUT2D eigenvalue weighted by Gasteiger charge is -2.43. The van der Waals surface area contributed by atoms with E-state index in [4.69, 9.17) is 23.2 Å². The lowest BCUT2D eigenvalue weighted by atomic mass is 9.82. The van der Waals surface area contributed by atoms with Crippen molar-refractivity contribution in [1.29, 1.82) is 0 Å². The van der Waals surface area contributed by atoms with Gasteiger partial charge < -0.3 is 10.0 Å². The number of benzene rings is 2. The molecule has 2 aromatic rings. The van der Waals surface area contributed by atoms with Crippen molar-refractivity contribution < 1.29 is 9.90 Å². The van der Waals surface area contributed by atoms with Gasteiger partial charge in [0.1, 0.15) is 5.75 Å². The Hall–Kier alpha value is -1.46. The van der Waals surface area contributed by atoms with Crippen LogP contribution in [0.15, 0.2) is 36.4 Å². The number of aryl methyl sites for hydroxylation is 1. The zero-order valence-electron chi connectivity index (χ0n) is 17.0. The van der Waals surface area contributed by atoms with Crippen LogP contribution in [0.25, 0.3) is 0 Å². The molecule has 0 bridgehead atoms. The molecule has 7 heteroatoms. The molecule has 162 valence electrons. The molecule has 30 heavy (non-hydrogen) atoms. The van der Waals surface area contributed by atoms with E-state index in [9.17, 15) is 9.90 Å². The van der Waals surface area contributed by atoms with Gasteiger partial charge >= 0.3 is 0 Å². The van der Waals surface area contributed by atoms with Crippen molar-refractivity contribution in [3.63, 3.8) is 0 Å². The van der Waals surface area contributed by atoms with Gasteiger partial charge in [-0.2, -0.15) is 0 Å². The number of rotatable bonds is 4. The molecular formula is C23H27Cl3N2O2. The molecule has 2 atom stereocenters. The van der Waals surface area contributed by atoms with Gasteiger partial charge in [0.25, 0.3) is 0 Å². The fourth-order valence-corrected chi connectivity index (χ4v) is 5.11. The number of likely N-dealkylation sites (N-methyl/N-ethyl adjacent to an activating group) is 1. The first-order chi connectivity index (χ1) is 13.9. The highest BCUT2D eigenvalue weighted by Gasteiger charge is 2.38. The second-order valence-electron chi connectivity index (χ2n) is 8.11. The Kier molecular flexibility index (Phi) is 7.56. The van der Waals surface area contributed by atoms with E-state index in [1.165, 1.54) is 12.8 Å². The lowest BCUT2D eigenvalue weighted by molar-refractivity contribution is -0.133. The van der Waals surface area contributed by atoms with Gasteiger partial charge in [-0.25, -0.2) is 0 Å². The van der Waals surface area contributed by atoms with Crippen LogP contribution in [0.3, 0.4) is 0 Å². The third-order valence-electron chi connectivity index (χ3n) is 6.28. The van der Waals surface area contributed by atoms with Gasteiger partial charge in [0.05, 0.1) is 22.5 Å². The number of likely N-dealkylation sites (tertiary alicyclic amines) is 1. The van der Waals surface area contributed by atoms with Crippen LogP contribution in [0.1, 0.15) is 42.0 Å². The first-order valence-corrected chi connectivity index (χ1v) is 10.9. The topological polar surface area (TPSA) is 43.8 Å². The van der Waals surface area contributed by atoms with Crippen LogP contribution >= 0.6 is 35.6 Å². The predicted molar refractivity (Wildman–Crippen MR) is 124 cm³/mol. The van der Waals surface area contributed by atoms with Gasteiger partial charge in [0, 0.05) is 13.1 Å². The van der Waals surface area contributed by atoms with E-state index in [1.54, 1.807) is 18.2 Å². The number of fused-ring (bicyclic) bond motifs is 1. The van der Waals surface area contributed by atoms with Crippen molar-refractivity contribution in [3.8, 4) is 5.75 Å². The molecule has 1 heterocycles. The minimum Gasteiger partial charge on any atom is -0.508 e. The number of phenols is 1. The normalized spacial score (nSPS) is 21.0. The summed E-state index contributed by atoms with van der Waals surface area (Å²) >= 11 is 12.1. The number of aromatic hydroxyl groups is 1. The predicted octanol–water partition coefficient (Wildman–Crippen LogP) is 5.27. The molecule has 1 aliphatic heterocycles. The molecule has 1 N–H and O–H groups in total. The number of amides is 1. The van der Waals surface area contributed by atoms with E-state index in [2.05, 4.69) is 4.90 Å². The van der Waals surface area contributed by atoms with Crippen molar-refractivity contribution in [2.45, 2.75) is 44.2 Å². The Morgan fingerprint density at radius 2 is 1.87 bits per heavy atom. The summed E-state index contributed by atoms with van der Waals surface area (Å²) in [6, 6.07) is 11.2. The molecule has 4 nitrogen and oxygen atoms in total. The molecule has 1 amide bonds. The minimum absolute atomic E-state index is 0. The zero-order valence-corrected chi connectivity index (χ0v) is 19.3. The Balaban J connectivity index is 0.00000256. The molecule has 0 unspecified atom stereocenters. The number of phenolic OH excluding ortho intramolecular Hbond substituents is 1. The maximum absolute atomic E-state index is 13.2. The maximum Gasteiger partial charge on any atom is 0.227 e. The monoisotopic (exact) mass is 468 g/mol. The van der Waals surface area contributed by atoms with Crippen LogP contribution in [0.4, 0.5) is 0 Å². The molecule has 0 saturated carbocycles. The third kappa shape index (κ3) is 4.72. The maximum atomic E-state index is 13.2. The van der Waals surface area contributed by atoms with Crippen LogP contribution in [0.2, 0.25) is 10.0 Å². The Bertz CT molecular complexity index is 915. The summed E-state index contributed by atoms with van der Waals surface area (Å²) in [7, 11) is 1.90. The average Bonchev–Trinajstić information content (AvgIpc) is 3.24. The number of hydrogen-bond donors (Lipinski definition) is 1. The first-order valence-electron chi connectivity index (χ1n) is 10.2. The highest BCUT2D eigenvalue weighted by atomic mass is 35.5. The van der Waals surface area contributed by atoms with E-state index in [1.807, 2.05) is 30.1 Å². The van der Waals surface area contributed by atoms with Crippen LogP contribution in [0, 0.1) is 0 Å². The smallest absolute Gasteiger partial charge is 0.227 e. The Morgan fingerprint density at radius 3 is 2.57 bits per heavy atom. The van der Waals surface area contributed by atoms with Crippen molar-refractivity contribution in [3.05, 3.63) is 63.1 Å². The van der Waals surface area contributed by atoms with Crippen molar-refractivity contribution in [2.24, 2.45) is 0 Å².